The van der Waals surface area contributed by atoms with Crippen molar-refractivity contribution in [3.8, 4) is 0 Å². The Morgan fingerprint density at radius 2 is 2.10 bits per heavy atom. The number of rotatable bonds is 5. The number of halogens is 2. The van der Waals surface area contributed by atoms with Gasteiger partial charge >= 0.3 is 0 Å². The van der Waals surface area contributed by atoms with Crippen LogP contribution in [-0.2, 0) is 12.8 Å². The van der Waals surface area contributed by atoms with Crippen molar-refractivity contribution in [2.75, 3.05) is 44.7 Å². The molecule has 3 aromatic rings. The summed E-state index contributed by atoms with van der Waals surface area (Å²) in [5.41, 5.74) is 2.38. The summed E-state index contributed by atoms with van der Waals surface area (Å²) in [5.74, 6) is 1.89. The number of aliphatic imine (C=N–C) groups is 1. The molecule has 162 valence electrons. The minimum absolute atomic E-state index is 0. The number of aromatic nitrogens is 3. The molecule has 0 amide bonds. The summed E-state index contributed by atoms with van der Waals surface area (Å²) in [5, 5.41) is 6.49. The molecule has 10 heteroatoms. The van der Waals surface area contributed by atoms with Crippen molar-refractivity contribution in [2.45, 2.75) is 19.8 Å². The van der Waals surface area contributed by atoms with Crippen LogP contribution >= 0.6 is 47.1 Å². The van der Waals surface area contributed by atoms with E-state index in [1.165, 1.54) is 22.5 Å². The van der Waals surface area contributed by atoms with E-state index in [2.05, 4.69) is 47.6 Å². The first kappa shape index (κ1) is 23.1. The standard InChI is InChI=1S/C20H26ClN7S.HI/c1-3-18-25-20(29-26-18)28-10-8-27(9-11-28)19(22-2)23-7-6-14-13-24-17-5-4-15(21)12-16(14)17;/h4-5,12-13,24H,3,6-11H2,1-2H3,(H,22,23);1H. The smallest absolute Gasteiger partial charge is 0.205 e. The van der Waals surface area contributed by atoms with E-state index in [0.717, 1.165) is 73.0 Å². The van der Waals surface area contributed by atoms with E-state index < -0.39 is 0 Å². The Labute approximate surface area is 203 Å². The Hall–Kier alpha value is -1.59. The molecule has 1 saturated heterocycles. The molecule has 0 radical (unpaired) electrons. The number of H-pyrrole nitrogens is 1. The second-order valence-electron chi connectivity index (χ2n) is 7.05. The quantitative estimate of drug-likeness (QED) is 0.283. The zero-order valence-electron chi connectivity index (χ0n) is 17.2. The van der Waals surface area contributed by atoms with Crippen molar-refractivity contribution in [1.29, 1.82) is 0 Å². The number of nitrogens with one attached hydrogen (secondary N) is 2. The number of hydrogen-bond acceptors (Lipinski definition) is 5. The molecule has 0 aliphatic carbocycles. The van der Waals surface area contributed by atoms with Gasteiger partial charge in [-0.3, -0.25) is 4.99 Å². The van der Waals surface area contributed by atoms with Crippen LogP contribution in [0.25, 0.3) is 10.9 Å². The Balaban J connectivity index is 0.00000256. The van der Waals surface area contributed by atoms with E-state index in [1.54, 1.807) is 0 Å². The lowest BCUT2D eigenvalue weighted by molar-refractivity contribution is 0.372. The van der Waals surface area contributed by atoms with Crippen LogP contribution in [-0.4, -0.2) is 65.0 Å². The first-order valence-electron chi connectivity index (χ1n) is 9.96. The molecule has 0 atom stereocenters. The van der Waals surface area contributed by atoms with Gasteiger partial charge in [0.25, 0.3) is 0 Å². The van der Waals surface area contributed by atoms with Gasteiger partial charge in [-0.15, -0.1) is 24.0 Å². The molecule has 0 spiro atoms. The van der Waals surface area contributed by atoms with Crippen molar-refractivity contribution in [2.24, 2.45) is 4.99 Å². The van der Waals surface area contributed by atoms with Gasteiger partial charge in [0.1, 0.15) is 5.82 Å². The van der Waals surface area contributed by atoms with Crippen molar-refractivity contribution in [3.05, 3.63) is 40.8 Å². The molecule has 30 heavy (non-hydrogen) atoms. The van der Waals surface area contributed by atoms with Gasteiger partial charge in [0.2, 0.25) is 5.13 Å². The van der Waals surface area contributed by atoms with Gasteiger partial charge in [-0.2, -0.15) is 4.37 Å². The van der Waals surface area contributed by atoms with Crippen molar-refractivity contribution >= 4 is 69.1 Å². The number of aryl methyl sites for hydroxylation is 1. The molecule has 2 N–H and O–H groups in total. The zero-order chi connectivity index (χ0) is 20.2. The van der Waals surface area contributed by atoms with E-state index in [0.29, 0.717) is 0 Å². The average Bonchev–Trinajstić information content (AvgIpc) is 3.38. The third-order valence-electron chi connectivity index (χ3n) is 5.24. The number of guanidine groups is 1. The van der Waals surface area contributed by atoms with E-state index in [-0.39, 0.29) is 24.0 Å². The highest BCUT2D eigenvalue weighted by atomic mass is 127. The molecule has 3 heterocycles. The van der Waals surface area contributed by atoms with Gasteiger partial charge in [-0.1, -0.05) is 18.5 Å². The summed E-state index contributed by atoms with van der Waals surface area (Å²) >= 11 is 7.65. The highest BCUT2D eigenvalue weighted by molar-refractivity contribution is 14.0. The third kappa shape index (κ3) is 5.17. The lowest BCUT2D eigenvalue weighted by Crippen LogP contribution is -2.52. The second-order valence-corrected chi connectivity index (χ2v) is 8.22. The number of fused-ring (bicyclic) bond motifs is 1. The van der Waals surface area contributed by atoms with Crippen LogP contribution in [0.2, 0.25) is 5.02 Å². The Bertz CT molecular complexity index is 994. The second kappa shape index (κ2) is 10.6. The highest BCUT2D eigenvalue weighted by Gasteiger charge is 2.22. The van der Waals surface area contributed by atoms with Crippen molar-refractivity contribution < 1.29 is 0 Å². The number of benzene rings is 1. The fourth-order valence-corrected chi connectivity index (χ4v) is 4.60. The van der Waals surface area contributed by atoms with Crippen molar-refractivity contribution in [1.82, 2.24) is 24.6 Å². The molecule has 0 bridgehead atoms. The number of piperazine rings is 1. The van der Waals surface area contributed by atoms with Crippen LogP contribution in [0.3, 0.4) is 0 Å². The molecule has 7 nitrogen and oxygen atoms in total. The van der Waals surface area contributed by atoms with Gasteiger partial charge in [-0.05, 0) is 30.2 Å². The first-order chi connectivity index (χ1) is 14.2. The molecule has 1 aliphatic rings. The molecule has 1 aromatic carbocycles. The van der Waals surface area contributed by atoms with Crippen LogP contribution < -0.4 is 10.2 Å². The van der Waals surface area contributed by atoms with Crippen LogP contribution in [0.5, 0.6) is 0 Å². The summed E-state index contributed by atoms with van der Waals surface area (Å²) in [6.07, 6.45) is 3.86. The third-order valence-corrected chi connectivity index (χ3v) is 6.29. The molecule has 0 unspecified atom stereocenters. The number of aromatic amines is 1. The molecule has 1 aliphatic heterocycles. The van der Waals surface area contributed by atoms with E-state index in [4.69, 9.17) is 11.6 Å². The van der Waals surface area contributed by atoms with E-state index >= 15 is 0 Å². The summed E-state index contributed by atoms with van der Waals surface area (Å²) in [6, 6.07) is 5.96. The minimum atomic E-state index is 0. The monoisotopic (exact) mass is 559 g/mol. The van der Waals surface area contributed by atoms with E-state index in [9.17, 15) is 0 Å². The summed E-state index contributed by atoms with van der Waals surface area (Å²) in [6.45, 7) is 6.61. The molecule has 4 rings (SSSR count). The van der Waals surface area contributed by atoms with Gasteiger partial charge in [-0.25, -0.2) is 4.98 Å². The maximum absolute atomic E-state index is 6.15. The SMILES string of the molecule is CCc1nsc(N2CCN(C(=NC)NCCc3c[nH]c4ccc(Cl)cc34)CC2)n1.I. The molecular weight excluding hydrogens is 533 g/mol. The number of nitrogens with zero attached hydrogens (tertiary/aromatic N) is 5. The first-order valence-corrected chi connectivity index (χ1v) is 11.1. The maximum atomic E-state index is 6.15. The van der Waals surface area contributed by atoms with Crippen molar-refractivity contribution in [3.63, 3.8) is 0 Å². The summed E-state index contributed by atoms with van der Waals surface area (Å²) in [4.78, 5) is 17.0. The fraction of sp³-hybridized carbons (Fsp3) is 0.450. The van der Waals surface area contributed by atoms with Crippen LogP contribution in [0, 0.1) is 0 Å². The van der Waals surface area contributed by atoms with Gasteiger partial charge < -0.3 is 20.1 Å². The summed E-state index contributed by atoms with van der Waals surface area (Å²) < 4.78 is 4.40. The van der Waals surface area contributed by atoms with Crippen LogP contribution in [0.15, 0.2) is 29.4 Å². The minimum Gasteiger partial charge on any atom is -0.361 e. The van der Waals surface area contributed by atoms with Gasteiger partial charge in [0, 0.05) is 79.8 Å². The largest absolute Gasteiger partial charge is 0.361 e. The van der Waals surface area contributed by atoms with Gasteiger partial charge in [0.05, 0.1) is 0 Å². The predicted molar refractivity (Wildman–Crippen MR) is 137 cm³/mol. The lowest BCUT2D eigenvalue weighted by Gasteiger charge is -2.36. The lowest BCUT2D eigenvalue weighted by atomic mass is 10.1. The average molecular weight is 560 g/mol. The zero-order valence-corrected chi connectivity index (χ0v) is 21.1. The molecule has 0 saturated carbocycles. The Morgan fingerprint density at radius 3 is 2.80 bits per heavy atom. The maximum Gasteiger partial charge on any atom is 0.205 e. The Morgan fingerprint density at radius 1 is 1.30 bits per heavy atom. The Kier molecular flexibility index (Phi) is 8.18. The normalized spacial score (nSPS) is 14.8. The van der Waals surface area contributed by atoms with Gasteiger partial charge in [0.15, 0.2) is 5.96 Å². The number of anilines is 1. The van der Waals surface area contributed by atoms with Crippen LogP contribution in [0.4, 0.5) is 5.13 Å². The fourth-order valence-electron chi connectivity index (χ4n) is 3.63. The van der Waals surface area contributed by atoms with E-state index in [1.807, 2.05) is 25.2 Å². The predicted octanol–water partition coefficient (Wildman–Crippen LogP) is 3.79. The van der Waals surface area contributed by atoms with Crippen LogP contribution in [0.1, 0.15) is 18.3 Å². The molecular formula is C20H27ClIN7S. The number of hydrogen-bond donors (Lipinski definition) is 2. The summed E-state index contributed by atoms with van der Waals surface area (Å²) in [7, 11) is 1.85. The topological polar surface area (TPSA) is 72.4 Å². The highest BCUT2D eigenvalue weighted by Crippen LogP contribution is 2.23. The molecule has 2 aromatic heterocycles. The molecule has 1 fully saturated rings.